The van der Waals surface area contributed by atoms with Crippen molar-refractivity contribution in [3.8, 4) is 0 Å². The van der Waals surface area contributed by atoms with Crippen LogP contribution in [0.4, 0.5) is 19.2 Å². The van der Waals surface area contributed by atoms with Crippen LogP contribution in [0.2, 0.25) is 0 Å². The lowest BCUT2D eigenvalue weighted by Crippen LogP contribution is -2.27. The number of nitrogens with two attached hydrogens (primary N) is 4. The third kappa shape index (κ3) is 16600. The summed E-state index contributed by atoms with van der Waals surface area (Å²) < 4.78 is 4.00. The van der Waals surface area contributed by atoms with Gasteiger partial charge in [0.1, 0.15) is 0 Å². The molecule has 0 radical (unpaired) electrons. The number of hydrogen-bond acceptors (Lipinski definition) is 8. The molecule has 0 aliphatic heterocycles. The van der Waals surface area contributed by atoms with Crippen molar-refractivity contribution in [2.75, 3.05) is 113 Å². The van der Waals surface area contributed by atoms with Gasteiger partial charge in [-0.05, 0) is 0 Å². The molecule has 0 aromatic heterocycles. The predicted molar refractivity (Wildman–Crippen MR) is 164 cm³/mol. The average Bonchev–Trinajstić information content (AvgIpc) is 2.24. The molecule has 0 unspecified atom stereocenters. The molecular formula is C20H56N8O4S4. The summed E-state index contributed by atoms with van der Waals surface area (Å²) in [4.78, 5) is 36.1. The number of rotatable bonds is 0. The minimum absolute atomic E-state index is 0.750. The van der Waals surface area contributed by atoms with Gasteiger partial charge in [0, 0.05) is 0 Å². The number of hydrogen-bond donors (Lipinski definition) is 4. The number of carbonyl (C=O) groups is 4. The zero-order chi connectivity index (χ0) is 32.3. The normalized spacial score (nSPS) is 9.33. The Morgan fingerprint density at radius 2 is 0.333 bits per heavy atom. The van der Waals surface area contributed by atoms with Crippen LogP contribution in [0.5, 0.6) is 0 Å². The number of primary amides is 4. The SMILES string of the molecule is C[N+](C)(C)C.C[N+](C)(C)C.C[N+](C)(C)C.C[N+](C)(C)C.NC(=O)[S-].NC(=O)[S-].NC(=O)[S-].NC(=O)[S-]. The fraction of sp³-hybridized carbons (Fsp3) is 0.800. The first-order valence-electron chi connectivity index (χ1n) is 9.94. The predicted octanol–water partition coefficient (Wildman–Crippen LogP) is -0.262. The highest BCUT2D eigenvalue weighted by molar-refractivity contribution is 7.77. The van der Waals surface area contributed by atoms with Crippen LogP contribution in [0.3, 0.4) is 0 Å². The molecule has 0 rings (SSSR count). The van der Waals surface area contributed by atoms with Gasteiger partial charge in [-0.3, -0.25) is 0 Å². The zero-order valence-corrected chi connectivity index (χ0v) is 28.6. The van der Waals surface area contributed by atoms with Crippen LogP contribution < -0.4 is 22.9 Å². The van der Waals surface area contributed by atoms with Crippen LogP contribution in [0, 0.1) is 0 Å². The van der Waals surface area contributed by atoms with Crippen LogP contribution in [0.25, 0.3) is 0 Å². The lowest BCUT2D eigenvalue weighted by atomic mass is 10.8. The van der Waals surface area contributed by atoms with E-state index in [9.17, 15) is 0 Å². The van der Waals surface area contributed by atoms with Crippen molar-refractivity contribution in [1.29, 1.82) is 0 Å². The Morgan fingerprint density at radius 3 is 0.333 bits per heavy atom. The highest BCUT2D eigenvalue weighted by Gasteiger charge is 1.89. The van der Waals surface area contributed by atoms with Gasteiger partial charge in [-0.2, -0.15) is 0 Å². The molecule has 0 fully saturated rings. The Kier molecular flexibility index (Phi) is 45.7. The molecule has 0 aliphatic rings. The zero-order valence-electron chi connectivity index (χ0n) is 25.4. The van der Waals surface area contributed by atoms with Gasteiger partial charge < -0.3 is 111 Å². The van der Waals surface area contributed by atoms with E-state index in [1.54, 1.807) is 0 Å². The summed E-state index contributed by atoms with van der Waals surface area (Å²) in [5.41, 5.74) is 17.1. The van der Waals surface area contributed by atoms with Gasteiger partial charge in [0.25, 0.3) is 0 Å². The fourth-order valence-corrected chi connectivity index (χ4v) is 0. The lowest BCUT2D eigenvalue weighted by molar-refractivity contribution is -0.849. The largest absolute Gasteiger partial charge is 0.719 e. The smallest absolute Gasteiger partial charge is 0.0954 e. The molecule has 0 saturated heterocycles. The summed E-state index contributed by atoms with van der Waals surface area (Å²) in [6.07, 6.45) is 0. The second kappa shape index (κ2) is 29.8. The number of carbonyl (C=O) groups excluding carboxylic acids is 4. The highest BCUT2D eigenvalue weighted by atomic mass is 32.1. The molecule has 36 heavy (non-hydrogen) atoms. The first-order chi connectivity index (χ1) is 14.9. The number of quaternary nitrogens is 4. The Hall–Kier alpha value is -1.40. The molecule has 0 aromatic rings. The summed E-state index contributed by atoms with van der Waals surface area (Å²) in [5, 5.41) is -3.00. The summed E-state index contributed by atoms with van der Waals surface area (Å²) >= 11 is 15.0. The number of nitrogens with zero attached hydrogens (tertiary/aromatic N) is 4. The van der Waals surface area contributed by atoms with Crippen molar-refractivity contribution >= 4 is 71.5 Å². The van der Waals surface area contributed by atoms with E-state index in [-0.39, 0.29) is 0 Å². The van der Waals surface area contributed by atoms with Crippen molar-refractivity contribution in [3.05, 3.63) is 0 Å². The van der Waals surface area contributed by atoms with E-state index in [1.807, 2.05) is 0 Å². The summed E-state index contributed by atoms with van der Waals surface area (Å²) in [5.74, 6) is 0. The fourth-order valence-electron chi connectivity index (χ4n) is 0. The van der Waals surface area contributed by atoms with E-state index < -0.39 is 21.0 Å². The van der Waals surface area contributed by atoms with Gasteiger partial charge in [0.05, 0.1) is 134 Å². The molecule has 0 spiro atoms. The second-order valence-corrected chi connectivity index (χ2v) is 13.6. The van der Waals surface area contributed by atoms with Crippen molar-refractivity contribution in [1.82, 2.24) is 0 Å². The van der Waals surface area contributed by atoms with E-state index in [1.165, 1.54) is 0 Å². The van der Waals surface area contributed by atoms with Crippen LogP contribution in [0.1, 0.15) is 0 Å². The van der Waals surface area contributed by atoms with E-state index in [0.29, 0.717) is 0 Å². The monoisotopic (exact) mass is 600 g/mol. The summed E-state index contributed by atoms with van der Waals surface area (Å²) in [7, 11) is 34.0. The summed E-state index contributed by atoms with van der Waals surface area (Å²) in [6, 6.07) is 0. The van der Waals surface area contributed by atoms with Gasteiger partial charge in [-0.25, -0.2) is 0 Å². The Bertz CT molecular complexity index is 406. The van der Waals surface area contributed by atoms with Gasteiger partial charge >= 0.3 is 0 Å². The molecule has 12 nitrogen and oxygen atoms in total. The Morgan fingerprint density at radius 1 is 0.333 bits per heavy atom. The maximum absolute atomic E-state index is 9.04. The maximum Gasteiger partial charge on any atom is 0.0954 e. The Balaban J connectivity index is -0.0000000416. The maximum atomic E-state index is 9.04. The topological polar surface area (TPSA) is 172 Å². The van der Waals surface area contributed by atoms with Crippen molar-refractivity contribution < 1.29 is 37.1 Å². The number of amides is 4. The third-order valence-corrected chi connectivity index (χ3v) is 0. The van der Waals surface area contributed by atoms with Gasteiger partial charge in [-0.1, -0.05) is 0 Å². The molecule has 0 atom stereocenters. The minimum Gasteiger partial charge on any atom is -0.719 e. The molecule has 0 heterocycles. The molecule has 16 heteroatoms. The van der Waals surface area contributed by atoms with Crippen LogP contribution >= 0.6 is 0 Å². The standard InChI is InChI=1S/4C4H12N.4CH3NOS/c4*1-5(2,3)4;4*2-1(3)4/h4*1-4H3;4*(H3,2,3,4)/q4*+1;;;;/p-4. The second-order valence-electron chi connectivity index (χ2n) is 12.0. The molecule has 0 bridgehead atoms. The average molecular weight is 601 g/mol. The molecule has 0 aromatic carbocycles. The minimum atomic E-state index is -0.750. The molecule has 0 saturated carbocycles. The van der Waals surface area contributed by atoms with Crippen molar-refractivity contribution in [3.63, 3.8) is 0 Å². The van der Waals surface area contributed by atoms with E-state index in [2.05, 4.69) is 186 Å². The van der Waals surface area contributed by atoms with Gasteiger partial charge in [-0.15, -0.1) is 0 Å². The molecule has 0 aliphatic carbocycles. The molecule has 224 valence electrons. The Labute approximate surface area is 243 Å². The van der Waals surface area contributed by atoms with Gasteiger partial charge in [0.15, 0.2) is 0 Å². The van der Waals surface area contributed by atoms with E-state index >= 15 is 0 Å². The van der Waals surface area contributed by atoms with Gasteiger partial charge in [0.2, 0.25) is 0 Å². The highest BCUT2D eigenvalue weighted by Crippen LogP contribution is 1.75. The first kappa shape index (κ1) is 55.2. The van der Waals surface area contributed by atoms with Crippen molar-refractivity contribution in [2.24, 2.45) is 22.9 Å². The third-order valence-electron chi connectivity index (χ3n) is 0. The quantitative estimate of drug-likeness (QED) is 0.217. The van der Waals surface area contributed by atoms with E-state index in [4.69, 9.17) is 19.2 Å². The lowest BCUT2D eigenvalue weighted by Gasteiger charge is -2.14. The molecule has 8 N–H and O–H groups in total. The van der Waals surface area contributed by atoms with Crippen molar-refractivity contribution in [2.45, 2.75) is 0 Å². The van der Waals surface area contributed by atoms with Crippen LogP contribution in [-0.2, 0) is 50.5 Å². The molecular weight excluding hydrogens is 545 g/mol. The van der Waals surface area contributed by atoms with Crippen LogP contribution in [-0.4, -0.2) is 152 Å². The molecule has 4 amide bonds. The van der Waals surface area contributed by atoms with E-state index in [0.717, 1.165) is 17.9 Å². The van der Waals surface area contributed by atoms with Crippen LogP contribution in [0.15, 0.2) is 0 Å². The summed E-state index contributed by atoms with van der Waals surface area (Å²) in [6.45, 7) is 0. The first-order valence-corrected chi connectivity index (χ1v) is 11.6.